The fraction of sp³-hybridized carbons (Fsp3) is 0.294. The number of benzene rings is 1. The van der Waals surface area contributed by atoms with E-state index in [1.54, 1.807) is 18.2 Å². The molecular formula is C17H18ClN3O3S. The molecule has 1 aromatic heterocycles. The van der Waals surface area contributed by atoms with Crippen molar-refractivity contribution < 1.29 is 13.2 Å². The van der Waals surface area contributed by atoms with Crippen LogP contribution in [-0.4, -0.2) is 31.6 Å². The number of halogens is 1. The van der Waals surface area contributed by atoms with Crippen molar-refractivity contribution in [2.24, 2.45) is 0 Å². The molecule has 1 saturated heterocycles. The lowest BCUT2D eigenvalue weighted by Crippen LogP contribution is -2.37. The third kappa shape index (κ3) is 3.93. The second-order valence-corrected chi connectivity index (χ2v) is 8.30. The summed E-state index contributed by atoms with van der Waals surface area (Å²) in [6.45, 7) is 2.26. The molecule has 1 N–H and O–H groups in total. The molecule has 1 aliphatic heterocycles. The zero-order chi connectivity index (χ0) is 18.0. The van der Waals surface area contributed by atoms with Crippen LogP contribution in [0.3, 0.4) is 0 Å². The number of nitrogens with zero attached hydrogens (tertiary/aromatic N) is 2. The average Bonchev–Trinajstić information content (AvgIpc) is 2.54. The van der Waals surface area contributed by atoms with E-state index in [0.717, 1.165) is 12.1 Å². The van der Waals surface area contributed by atoms with E-state index < -0.39 is 15.9 Å². The maximum Gasteiger partial charge on any atom is 0.258 e. The van der Waals surface area contributed by atoms with Gasteiger partial charge in [0.1, 0.15) is 5.82 Å². The number of carbonyl (C=O) groups excluding carboxylic acids is 1. The summed E-state index contributed by atoms with van der Waals surface area (Å²) >= 11 is 6.23. The van der Waals surface area contributed by atoms with Crippen LogP contribution in [0.5, 0.6) is 0 Å². The third-order valence-electron chi connectivity index (χ3n) is 3.96. The largest absolute Gasteiger partial charge is 0.307 e. The van der Waals surface area contributed by atoms with E-state index in [1.165, 1.54) is 16.4 Å². The summed E-state index contributed by atoms with van der Waals surface area (Å²) in [5.74, 6) is 0.172. The zero-order valence-corrected chi connectivity index (χ0v) is 15.3. The smallest absolute Gasteiger partial charge is 0.258 e. The first-order valence-electron chi connectivity index (χ1n) is 7.92. The lowest BCUT2D eigenvalue weighted by atomic mass is 10.2. The van der Waals surface area contributed by atoms with E-state index in [9.17, 15) is 13.2 Å². The Hall–Kier alpha value is -2.12. The van der Waals surface area contributed by atoms with Crippen LogP contribution in [0.25, 0.3) is 0 Å². The SMILES string of the molecule is Cc1cccc(NC(=O)c2ccc(N3CCCCS3(=O)=O)cc2Cl)n1. The lowest BCUT2D eigenvalue weighted by Gasteiger charge is -2.28. The molecule has 0 spiro atoms. The van der Waals surface area contributed by atoms with Crippen molar-refractivity contribution >= 4 is 39.0 Å². The molecule has 1 amide bonds. The highest BCUT2D eigenvalue weighted by Crippen LogP contribution is 2.28. The van der Waals surface area contributed by atoms with Crippen LogP contribution in [0.2, 0.25) is 5.02 Å². The van der Waals surface area contributed by atoms with Crippen molar-refractivity contribution in [2.45, 2.75) is 19.8 Å². The van der Waals surface area contributed by atoms with Gasteiger partial charge in [-0.05, 0) is 50.1 Å². The minimum atomic E-state index is -3.32. The van der Waals surface area contributed by atoms with Crippen molar-refractivity contribution in [1.29, 1.82) is 0 Å². The summed E-state index contributed by atoms with van der Waals surface area (Å²) in [6, 6.07) is 9.97. The number of carbonyl (C=O) groups is 1. The first-order valence-corrected chi connectivity index (χ1v) is 9.90. The Morgan fingerprint density at radius 3 is 2.72 bits per heavy atom. The highest BCUT2D eigenvalue weighted by atomic mass is 35.5. The number of hydrogen-bond donors (Lipinski definition) is 1. The van der Waals surface area contributed by atoms with Gasteiger partial charge in [-0.1, -0.05) is 17.7 Å². The molecule has 2 aromatic rings. The van der Waals surface area contributed by atoms with Gasteiger partial charge in [0.05, 0.1) is 22.0 Å². The topological polar surface area (TPSA) is 79.4 Å². The van der Waals surface area contributed by atoms with Crippen molar-refractivity contribution in [2.75, 3.05) is 21.9 Å². The third-order valence-corrected chi connectivity index (χ3v) is 6.15. The number of pyridine rings is 1. The Kier molecular flexibility index (Phi) is 4.96. The number of aromatic nitrogens is 1. The van der Waals surface area contributed by atoms with E-state index in [-0.39, 0.29) is 16.3 Å². The molecule has 132 valence electrons. The second kappa shape index (κ2) is 7.01. The molecule has 8 heteroatoms. The number of hydrogen-bond acceptors (Lipinski definition) is 4. The quantitative estimate of drug-likeness (QED) is 0.887. The van der Waals surface area contributed by atoms with Crippen molar-refractivity contribution in [3.05, 3.63) is 52.7 Å². The van der Waals surface area contributed by atoms with Crippen LogP contribution < -0.4 is 9.62 Å². The van der Waals surface area contributed by atoms with E-state index in [0.29, 0.717) is 24.5 Å². The maximum absolute atomic E-state index is 12.4. The standard InChI is InChI=1S/C17H18ClN3O3S/c1-12-5-4-6-16(19-12)20-17(22)14-8-7-13(11-15(14)18)21-9-2-3-10-25(21,23)24/h4-8,11H,2-3,9-10H2,1H3,(H,19,20,22). The molecule has 0 unspecified atom stereocenters. The van der Waals surface area contributed by atoms with Gasteiger partial charge < -0.3 is 5.32 Å². The molecule has 25 heavy (non-hydrogen) atoms. The molecule has 6 nitrogen and oxygen atoms in total. The number of nitrogens with one attached hydrogen (secondary N) is 1. The van der Waals surface area contributed by atoms with Crippen molar-refractivity contribution in [3.63, 3.8) is 0 Å². The van der Waals surface area contributed by atoms with Crippen LogP contribution in [0, 0.1) is 6.92 Å². The van der Waals surface area contributed by atoms with Crippen LogP contribution >= 0.6 is 11.6 Å². The van der Waals surface area contributed by atoms with Crippen LogP contribution in [0.1, 0.15) is 28.9 Å². The number of sulfonamides is 1. The lowest BCUT2D eigenvalue weighted by molar-refractivity contribution is 0.102. The highest BCUT2D eigenvalue weighted by molar-refractivity contribution is 7.92. The van der Waals surface area contributed by atoms with Gasteiger partial charge in [-0.3, -0.25) is 9.10 Å². The molecule has 1 fully saturated rings. The van der Waals surface area contributed by atoms with E-state index in [4.69, 9.17) is 11.6 Å². The highest BCUT2D eigenvalue weighted by Gasteiger charge is 2.26. The number of aryl methyl sites for hydroxylation is 1. The minimum absolute atomic E-state index is 0.131. The molecule has 2 heterocycles. The molecule has 1 aromatic carbocycles. The van der Waals surface area contributed by atoms with Crippen LogP contribution in [0.4, 0.5) is 11.5 Å². The minimum Gasteiger partial charge on any atom is -0.307 e. The fourth-order valence-corrected chi connectivity index (χ4v) is 4.61. The molecule has 0 bridgehead atoms. The summed E-state index contributed by atoms with van der Waals surface area (Å²) in [6.07, 6.45) is 1.47. The first kappa shape index (κ1) is 17.7. The Bertz CT molecular complexity index is 915. The second-order valence-electron chi connectivity index (χ2n) is 5.88. The summed E-state index contributed by atoms with van der Waals surface area (Å²) in [7, 11) is -3.32. The fourth-order valence-electron chi connectivity index (χ4n) is 2.72. The van der Waals surface area contributed by atoms with Gasteiger partial charge in [-0.15, -0.1) is 0 Å². The summed E-state index contributed by atoms with van der Waals surface area (Å²) in [5.41, 5.74) is 1.53. The normalized spacial score (nSPS) is 16.5. The predicted octanol–water partition coefficient (Wildman–Crippen LogP) is 3.23. The first-order chi connectivity index (χ1) is 11.9. The summed E-state index contributed by atoms with van der Waals surface area (Å²) < 4.78 is 25.7. The summed E-state index contributed by atoms with van der Waals surface area (Å²) in [4.78, 5) is 16.6. The number of rotatable bonds is 3. The van der Waals surface area contributed by atoms with Gasteiger partial charge in [0.25, 0.3) is 5.91 Å². The van der Waals surface area contributed by atoms with Gasteiger partial charge in [0.2, 0.25) is 10.0 Å². The van der Waals surface area contributed by atoms with Gasteiger partial charge in [0.15, 0.2) is 0 Å². The molecule has 0 saturated carbocycles. The predicted molar refractivity (Wildman–Crippen MR) is 98.7 cm³/mol. The maximum atomic E-state index is 12.4. The molecule has 0 radical (unpaired) electrons. The summed E-state index contributed by atoms with van der Waals surface area (Å²) in [5, 5.41) is 2.89. The Morgan fingerprint density at radius 1 is 1.24 bits per heavy atom. The van der Waals surface area contributed by atoms with Crippen LogP contribution in [0.15, 0.2) is 36.4 Å². The van der Waals surface area contributed by atoms with Gasteiger partial charge >= 0.3 is 0 Å². The molecule has 0 aliphatic carbocycles. The molecule has 1 aliphatic rings. The Morgan fingerprint density at radius 2 is 2.04 bits per heavy atom. The van der Waals surface area contributed by atoms with E-state index in [2.05, 4.69) is 10.3 Å². The molecule has 3 rings (SSSR count). The van der Waals surface area contributed by atoms with Gasteiger partial charge in [0, 0.05) is 12.2 Å². The van der Waals surface area contributed by atoms with E-state index >= 15 is 0 Å². The monoisotopic (exact) mass is 379 g/mol. The number of amides is 1. The van der Waals surface area contributed by atoms with Gasteiger partial charge in [-0.2, -0.15) is 0 Å². The Labute approximate surface area is 151 Å². The van der Waals surface area contributed by atoms with Crippen molar-refractivity contribution in [1.82, 2.24) is 4.98 Å². The molecular weight excluding hydrogens is 362 g/mol. The molecule has 0 atom stereocenters. The Balaban J connectivity index is 1.83. The van der Waals surface area contributed by atoms with Crippen molar-refractivity contribution in [3.8, 4) is 0 Å². The van der Waals surface area contributed by atoms with Crippen LogP contribution in [-0.2, 0) is 10.0 Å². The number of anilines is 2. The zero-order valence-electron chi connectivity index (χ0n) is 13.7. The van der Waals surface area contributed by atoms with Gasteiger partial charge in [-0.25, -0.2) is 13.4 Å². The average molecular weight is 380 g/mol. The van der Waals surface area contributed by atoms with E-state index in [1.807, 2.05) is 13.0 Å².